The lowest BCUT2D eigenvalue weighted by Gasteiger charge is -2.34. The highest BCUT2D eigenvalue weighted by molar-refractivity contribution is 6.97. The highest BCUT2D eigenvalue weighted by atomic mass is 28.4. The monoisotopic (exact) mass is 481 g/mol. The van der Waals surface area contributed by atoms with Crippen LogP contribution in [0.2, 0.25) is 6.04 Å². The van der Waals surface area contributed by atoms with Crippen LogP contribution in [0.5, 0.6) is 0 Å². The SMILES string of the molecule is CCCC[Si](OC[C@H]1O[C@@H](n2ccc(N)nc2=O)[C@H](O)[C@@H]1O)(c1ccccc1)c1ccccc1. The van der Waals surface area contributed by atoms with Gasteiger partial charge in [-0.3, -0.25) is 4.57 Å². The Morgan fingerprint density at radius 1 is 1.03 bits per heavy atom. The third-order valence-electron chi connectivity index (χ3n) is 6.32. The van der Waals surface area contributed by atoms with Crippen molar-refractivity contribution in [1.29, 1.82) is 0 Å². The van der Waals surface area contributed by atoms with Gasteiger partial charge in [-0.25, -0.2) is 4.79 Å². The summed E-state index contributed by atoms with van der Waals surface area (Å²) in [5, 5.41) is 23.7. The van der Waals surface area contributed by atoms with Crippen LogP contribution in [-0.4, -0.2) is 53.0 Å². The first-order valence-electron chi connectivity index (χ1n) is 11.6. The predicted octanol–water partition coefficient (Wildman–Crippen LogP) is 1.02. The van der Waals surface area contributed by atoms with Crippen molar-refractivity contribution in [1.82, 2.24) is 9.55 Å². The summed E-state index contributed by atoms with van der Waals surface area (Å²) in [5.74, 6) is 0.0756. The number of nitrogens with two attached hydrogens (primary N) is 1. The molecule has 0 amide bonds. The van der Waals surface area contributed by atoms with E-state index in [1.54, 1.807) is 0 Å². The fraction of sp³-hybridized carbons (Fsp3) is 0.360. The molecular weight excluding hydrogens is 450 g/mol. The molecule has 2 heterocycles. The Balaban J connectivity index is 1.63. The highest BCUT2D eigenvalue weighted by Crippen LogP contribution is 2.30. The van der Waals surface area contributed by atoms with Gasteiger partial charge in [0.05, 0.1) is 6.61 Å². The van der Waals surface area contributed by atoms with Gasteiger partial charge in [-0.15, -0.1) is 0 Å². The largest absolute Gasteiger partial charge is 0.405 e. The van der Waals surface area contributed by atoms with Crippen LogP contribution in [0.25, 0.3) is 0 Å². The summed E-state index contributed by atoms with van der Waals surface area (Å²) >= 11 is 0. The molecule has 1 aliphatic rings. The van der Waals surface area contributed by atoms with E-state index in [1.807, 2.05) is 36.4 Å². The van der Waals surface area contributed by atoms with Crippen LogP contribution in [-0.2, 0) is 9.16 Å². The number of anilines is 1. The quantitative estimate of drug-likeness (QED) is 0.390. The third-order valence-corrected chi connectivity index (χ3v) is 10.6. The van der Waals surface area contributed by atoms with Crippen molar-refractivity contribution < 1.29 is 19.4 Å². The Morgan fingerprint density at radius 2 is 1.65 bits per heavy atom. The first kappa shape index (κ1) is 24.3. The number of nitrogen functional groups attached to an aromatic ring is 1. The van der Waals surface area contributed by atoms with Gasteiger partial charge in [0.15, 0.2) is 6.23 Å². The van der Waals surface area contributed by atoms with Gasteiger partial charge >= 0.3 is 5.69 Å². The topological polar surface area (TPSA) is 120 Å². The number of aromatic nitrogens is 2. The van der Waals surface area contributed by atoms with Crippen molar-refractivity contribution in [2.45, 2.75) is 50.3 Å². The number of unbranched alkanes of at least 4 members (excludes halogenated alkanes) is 1. The predicted molar refractivity (Wildman–Crippen MR) is 132 cm³/mol. The molecule has 4 atom stereocenters. The molecule has 0 spiro atoms. The van der Waals surface area contributed by atoms with E-state index in [9.17, 15) is 15.0 Å². The van der Waals surface area contributed by atoms with Crippen LogP contribution in [0.1, 0.15) is 26.0 Å². The second-order valence-corrected chi connectivity index (χ2v) is 12.2. The fourth-order valence-electron chi connectivity index (χ4n) is 4.48. The molecule has 180 valence electrons. The summed E-state index contributed by atoms with van der Waals surface area (Å²) in [6.07, 6.45) is -1.01. The molecule has 4 rings (SSSR count). The van der Waals surface area contributed by atoms with Gasteiger partial charge in [-0.05, 0) is 22.5 Å². The molecule has 2 aromatic carbocycles. The Labute approximate surface area is 199 Å². The van der Waals surface area contributed by atoms with Crippen LogP contribution >= 0.6 is 0 Å². The fourth-order valence-corrected chi connectivity index (χ4v) is 8.63. The summed E-state index contributed by atoms with van der Waals surface area (Å²) in [6, 6.07) is 22.7. The standard InChI is InChI=1S/C25H31N3O5Si/c1-2-3-16-34(18-10-6-4-7-11-18,19-12-8-5-9-13-19)32-17-20-22(29)23(30)24(33-20)28-15-14-21(26)27-25(28)31/h4-15,20,22-24,29-30H,2-3,16-17H2,1H3,(H2,26,27,31)/t20-,22-,23-,24-/m1/s1. The normalized spacial score (nSPS) is 22.7. The van der Waals surface area contributed by atoms with Gasteiger partial charge in [0, 0.05) is 6.20 Å². The molecule has 3 aromatic rings. The zero-order valence-electron chi connectivity index (χ0n) is 19.2. The van der Waals surface area contributed by atoms with Crippen LogP contribution in [0.15, 0.2) is 77.7 Å². The Morgan fingerprint density at radius 3 is 2.21 bits per heavy atom. The van der Waals surface area contributed by atoms with Crippen molar-refractivity contribution >= 4 is 24.5 Å². The maximum atomic E-state index is 12.3. The molecule has 8 nitrogen and oxygen atoms in total. The summed E-state index contributed by atoms with van der Waals surface area (Å²) in [5.41, 5.74) is 4.91. The summed E-state index contributed by atoms with van der Waals surface area (Å²) < 4.78 is 13.8. The number of rotatable bonds is 9. The van der Waals surface area contributed by atoms with E-state index < -0.39 is 38.5 Å². The lowest BCUT2D eigenvalue weighted by atomic mass is 10.1. The Kier molecular flexibility index (Phi) is 7.59. The second-order valence-electron chi connectivity index (χ2n) is 8.56. The van der Waals surface area contributed by atoms with Gasteiger partial charge in [0.2, 0.25) is 0 Å². The summed E-state index contributed by atoms with van der Waals surface area (Å²) in [4.78, 5) is 16.0. The van der Waals surface area contributed by atoms with E-state index in [-0.39, 0.29) is 12.4 Å². The van der Waals surface area contributed by atoms with E-state index in [0.29, 0.717) is 0 Å². The smallest absolute Gasteiger partial charge is 0.351 e. The van der Waals surface area contributed by atoms with Gasteiger partial charge in [-0.2, -0.15) is 4.98 Å². The molecule has 1 saturated heterocycles. The first-order valence-corrected chi connectivity index (χ1v) is 13.7. The third kappa shape index (κ3) is 4.84. The van der Waals surface area contributed by atoms with Crippen molar-refractivity contribution in [2.75, 3.05) is 12.3 Å². The maximum absolute atomic E-state index is 12.3. The highest BCUT2D eigenvalue weighted by Gasteiger charge is 2.46. The van der Waals surface area contributed by atoms with Crippen molar-refractivity contribution in [3.8, 4) is 0 Å². The number of hydrogen-bond acceptors (Lipinski definition) is 7. The molecule has 0 aliphatic carbocycles. The Bertz CT molecular complexity index is 1090. The molecule has 1 aromatic heterocycles. The van der Waals surface area contributed by atoms with Gasteiger partial charge in [0.25, 0.3) is 8.32 Å². The number of aliphatic hydroxyl groups is 2. The lowest BCUT2D eigenvalue weighted by Crippen LogP contribution is -2.61. The van der Waals surface area contributed by atoms with Gasteiger partial charge in [0.1, 0.15) is 24.1 Å². The minimum Gasteiger partial charge on any atom is -0.405 e. The van der Waals surface area contributed by atoms with Crippen LogP contribution in [0, 0.1) is 0 Å². The second kappa shape index (κ2) is 10.6. The molecule has 0 unspecified atom stereocenters. The molecule has 0 saturated carbocycles. The number of aliphatic hydroxyl groups excluding tert-OH is 2. The van der Waals surface area contributed by atoms with E-state index >= 15 is 0 Å². The van der Waals surface area contributed by atoms with Crippen molar-refractivity contribution in [3.63, 3.8) is 0 Å². The van der Waals surface area contributed by atoms with Crippen molar-refractivity contribution in [2.24, 2.45) is 0 Å². The van der Waals surface area contributed by atoms with Crippen LogP contribution in [0.3, 0.4) is 0 Å². The maximum Gasteiger partial charge on any atom is 0.351 e. The minimum absolute atomic E-state index is 0.0750. The molecule has 0 bridgehead atoms. The minimum atomic E-state index is -2.68. The van der Waals surface area contributed by atoms with E-state index in [0.717, 1.165) is 33.8 Å². The average Bonchev–Trinajstić information content (AvgIpc) is 3.14. The first-order chi connectivity index (χ1) is 16.5. The molecule has 9 heteroatoms. The van der Waals surface area contributed by atoms with E-state index in [1.165, 1.54) is 12.3 Å². The van der Waals surface area contributed by atoms with Gasteiger partial charge in [-0.1, -0.05) is 80.4 Å². The molecule has 1 aliphatic heterocycles. The number of ether oxygens (including phenoxy) is 1. The van der Waals surface area contributed by atoms with Crippen molar-refractivity contribution in [3.05, 3.63) is 83.4 Å². The molecule has 1 fully saturated rings. The summed E-state index contributed by atoms with van der Waals surface area (Å²) in [7, 11) is -2.68. The van der Waals surface area contributed by atoms with Gasteiger partial charge < -0.3 is 25.1 Å². The number of hydrogen-bond donors (Lipinski definition) is 3. The van der Waals surface area contributed by atoms with Crippen LogP contribution < -0.4 is 21.8 Å². The van der Waals surface area contributed by atoms with Crippen LogP contribution in [0.4, 0.5) is 5.82 Å². The molecule has 0 radical (unpaired) electrons. The zero-order chi connectivity index (χ0) is 24.1. The number of benzene rings is 2. The zero-order valence-corrected chi connectivity index (χ0v) is 20.2. The average molecular weight is 482 g/mol. The molecule has 34 heavy (non-hydrogen) atoms. The van der Waals surface area contributed by atoms with E-state index in [4.69, 9.17) is 14.9 Å². The van der Waals surface area contributed by atoms with E-state index in [2.05, 4.69) is 36.2 Å². The lowest BCUT2D eigenvalue weighted by molar-refractivity contribution is -0.0522. The Hall–Kier alpha value is -2.82. The summed E-state index contributed by atoms with van der Waals surface area (Å²) in [6.45, 7) is 2.23. The molecule has 4 N–H and O–H groups in total. The molecular formula is C25H31N3O5Si. The number of nitrogens with zero attached hydrogens (tertiary/aromatic N) is 2.